The number of alkyl halides is 3. The lowest BCUT2D eigenvalue weighted by molar-refractivity contribution is -0.187. The SMILES string of the molecule is Cc1ccc2c(c1)C(C(F)(F)F)N(C(C)(C)C)C(c1ccccc1)=C2. The predicted octanol–water partition coefficient (Wildman–Crippen LogP) is 6.21. The van der Waals surface area contributed by atoms with Crippen molar-refractivity contribution in [3.8, 4) is 0 Å². The van der Waals surface area contributed by atoms with Crippen LogP contribution in [0.25, 0.3) is 11.8 Å². The summed E-state index contributed by atoms with van der Waals surface area (Å²) in [5.74, 6) is 0. The van der Waals surface area contributed by atoms with Crippen LogP contribution in [-0.4, -0.2) is 16.6 Å². The molecular weight excluding hydrogens is 323 g/mol. The van der Waals surface area contributed by atoms with Crippen molar-refractivity contribution in [3.05, 3.63) is 70.8 Å². The molecule has 3 rings (SSSR count). The second-order valence-electron chi connectivity index (χ2n) is 7.51. The van der Waals surface area contributed by atoms with Crippen LogP contribution in [0.5, 0.6) is 0 Å². The van der Waals surface area contributed by atoms with E-state index < -0.39 is 17.8 Å². The third-order valence-corrected chi connectivity index (χ3v) is 4.45. The molecule has 1 aliphatic rings. The number of nitrogens with zero attached hydrogens (tertiary/aromatic N) is 1. The standard InChI is InChI=1S/C21H22F3N/c1-14-10-11-16-13-18(15-8-6-5-7-9-15)25(20(2,3)4)19(17(16)12-14)21(22,23)24/h5-13,19H,1-4H3. The summed E-state index contributed by atoms with van der Waals surface area (Å²) in [6.07, 6.45) is -2.50. The van der Waals surface area contributed by atoms with E-state index in [0.717, 1.165) is 11.1 Å². The molecule has 25 heavy (non-hydrogen) atoms. The minimum absolute atomic E-state index is 0.321. The molecule has 0 fully saturated rings. The molecule has 1 aliphatic heterocycles. The number of halogens is 3. The predicted molar refractivity (Wildman–Crippen MR) is 95.9 cm³/mol. The van der Waals surface area contributed by atoms with Gasteiger partial charge in [0, 0.05) is 11.2 Å². The molecule has 0 aromatic heterocycles. The molecule has 0 radical (unpaired) electrons. The Morgan fingerprint density at radius 3 is 2.12 bits per heavy atom. The van der Waals surface area contributed by atoms with Crippen molar-refractivity contribution < 1.29 is 13.2 Å². The van der Waals surface area contributed by atoms with Crippen molar-refractivity contribution in [1.29, 1.82) is 0 Å². The van der Waals surface area contributed by atoms with Gasteiger partial charge in [0.25, 0.3) is 0 Å². The zero-order chi connectivity index (χ0) is 18.4. The molecule has 1 nitrogen and oxygen atoms in total. The maximum absolute atomic E-state index is 14.2. The van der Waals surface area contributed by atoms with Crippen molar-refractivity contribution in [1.82, 2.24) is 4.90 Å². The van der Waals surface area contributed by atoms with Crippen LogP contribution in [0, 0.1) is 6.92 Å². The van der Waals surface area contributed by atoms with Crippen LogP contribution in [0.3, 0.4) is 0 Å². The highest BCUT2D eigenvalue weighted by Crippen LogP contribution is 2.50. The molecule has 4 heteroatoms. The number of aryl methyl sites for hydroxylation is 1. The molecule has 0 amide bonds. The zero-order valence-electron chi connectivity index (χ0n) is 14.9. The Labute approximate surface area is 146 Å². The Bertz CT molecular complexity index is 798. The summed E-state index contributed by atoms with van der Waals surface area (Å²) in [6, 6.07) is 12.9. The van der Waals surface area contributed by atoms with Gasteiger partial charge < -0.3 is 4.90 Å². The molecule has 0 spiro atoms. The molecule has 1 heterocycles. The second-order valence-corrected chi connectivity index (χ2v) is 7.51. The van der Waals surface area contributed by atoms with Crippen LogP contribution in [0.15, 0.2) is 48.5 Å². The molecule has 1 atom stereocenters. The first kappa shape index (κ1) is 17.6. The second kappa shape index (κ2) is 5.94. The summed E-state index contributed by atoms with van der Waals surface area (Å²) in [7, 11) is 0. The number of fused-ring (bicyclic) bond motifs is 1. The van der Waals surface area contributed by atoms with Gasteiger partial charge in [-0.3, -0.25) is 0 Å². The largest absolute Gasteiger partial charge is 0.413 e. The van der Waals surface area contributed by atoms with E-state index in [9.17, 15) is 13.2 Å². The Morgan fingerprint density at radius 2 is 1.56 bits per heavy atom. The van der Waals surface area contributed by atoms with Gasteiger partial charge in [-0.2, -0.15) is 13.2 Å². The summed E-state index contributed by atoms with van der Waals surface area (Å²) >= 11 is 0. The third kappa shape index (κ3) is 3.30. The molecule has 132 valence electrons. The average molecular weight is 345 g/mol. The topological polar surface area (TPSA) is 3.24 Å². The van der Waals surface area contributed by atoms with Gasteiger partial charge >= 0.3 is 6.18 Å². The van der Waals surface area contributed by atoms with E-state index in [1.807, 2.05) is 70.2 Å². The Hall–Kier alpha value is -2.23. The van der Waals surface area contributed by atoms with E-state index in [1.54, 1.807) is 12.1 Å². The zero-order valence-corrected chi connectivity index (χ0v) is 14.9. The first-order valence-corrected chi connectivity index (χ1v) is 8.33. The van der Waals surface area contributed by atoms with Crippen LogP contribution in [0.2, 0.25) is 0 Å². The van der Waals surface area contributed by atoms with Crippen molar-refractivity contribution >= 4 is 11.8 Å². The summed E-state index contributed by atoms with van der Waals surface area (Å²) in [5, 5.41) is 0. The fraction of sp³-hybridized carbons (Fsp3) is 0.333. The quantitative estimate of drug-likeness (QED) is 0.594. The van der Waals surface area contributed by atoms with Gasteiger partial charge in [0.05, 0.1) is 0 Å². The van der Waals surface area contributed by atoms with Crippen molar-refractivity contribution in [3.63, 3.8) is 0 Å². The van der Waals surface area contributed by atoms with Gasteiger partial charge in [-0.1, -0.05) is 54.1 Å². The van der Waals surface area contributed by atoms with Crippen LogP contribution in [-0.2, 0) is 0 Å². The van der Waals surface area contributed by atoms with Crippen LogP contribution in [0.4, 0.5) is 13.2 Å². The number of benzene rings is 2. The Kier molecular flexibility index (Phi) is 4.18. The van der Waals surface area contributed by atoms with Crippen LogP contribution >= 0.6 is 0 Å². The Morgan fingerprint density at radius 1 is 0.920 bits per heavy atom. The van der Waals surface area contributed by atoms with E-state index in [2.05, 4.69) is 0 Å². The van der Waals surface area contributed by atoms with Gasteiger partial charge in [0.2, 0.25) is 0 Å². The molecule has 0 N–H and O–H groups in total. The third-order valence-electron chi connectivity index (χ3n) is 4.45. The average Bonchev–Trinajstić information content (AvgIpc) is 2.52. The van der Waals surface area contributed by atoms with Gasteiger partial charge in [0.1, 0.15) is 0 Å². The fourth-order valence-electron chi connectivity index (χ4n) is 3.46. The molecular formula is C21H22F3N. The summed E-state index contributed by atoms with van der Waals surface area (Å²) in [5.41, 5.74) is 2.49. The molecule has 2 aromatic carbocycles. The minimum Gasteiger partial charge on any atom is -0.351 e. The lowest BCUT2D eigenvalue weighted by Gasteiger charge is -2.48. The van der Waals surface area contributed by atoms with Crippen LogP contribution < -0.4 is 0 Å². The van der Waals surface area contributed by atoms with Gasteiger partial charge in [0.15, 0.2) is 6.04 Å². The smallest absolute Gasteiger partial charge is 0.351 e. The molecule has 2 aromatic rings. The monoisotopic (exact) mass is 345 g/mol. The van der Waals surface area contributed by atoms with E-state index in [1.165, 1.54) is 4.90 Å². The van der Waals surface area contributed by atoms with Gasteiger partial charge in [-0.15, -0.1) is 0 Å². The highest BCUT2D eigenvalue weighted by atomic mass is 19.4. The highest BCUT2D eigenvalue weighted by Gasteiger charge is 2.50. The summed E-state index contributed by atoms with van der Waals surface area (Å²) in [4.78, 5) is 1.50. The molecule has 0 saturated carbocycles. The van der Waals surface area contributed by atoms with E-state index in [4.69, 9.17) is 0 Å². The molecule has 0 aliphatic carbocycles. The minimum atomic E-state index is -4.37. The molecule has 0 bridgehead atoms. The number of hydrogen-bond donors (Lipinski definition) is 0. The van der Waals surface area contributed by atoms with Gasteiger partial charge in [-0.05, 0) is 50.5 Å². The van der Waals surface area contributed by atoms with Crippen molar-refractivity contribution in [2.45, 2.75) is 45.5 Å². The summed E-state index contributed by atoms with van der Waals surface area (Å²) in [6.45, 7) is 7.29. The van der Waals surface area contributed by atoms with E-state index in [-0.39, 0.29) is 0 Å². The first-order valence-electron chi connectivity index (χ1n) is 8.33. The highest BCUT2D eigenvalue weighted by molar-refractivity contribution is 5.84. The maximum atomic E-state index is 14.2. The lowest BCUT2D eigenvalue weighted by Crippen LogP contribution is -2.49. The molecule has 0 saturated heterocycles. The van der Waals surface area contributed by atoms with Gasteiger partial charge in [-0.25, -0.2) is 0 Å². The fourth-order valence-corrected chi connectivity index (χ4v) is 3.46. The summed E-state index contributed by atoms with van der Waals surface area (Å²) < 4.78 is 42.5. The normalized spacial score (nSPS) is 18.0. The van der Waals surface area contributed by atoms with Crippen LogP contribution in [0.1, 0.15) is 49.1 Å². The van der Waals surface area contributed by atoms with Crippen molar-refractivity contribution in [2.24, 2.45) is 0 Å². The first-order chi connectivity index (χ1) is 11.6. The Balaban J connectivity index is 2.31. The lowest BCUT2D eigenvalue weighted by atomic mass is 9.86. The van der Waals surface area contributed by atoms with E-state index in [0.29, 0.717) is 16.8 Å². The van der Waals surface area contributed by atoms with Crippen molar-refractivity contribution in [2.75, 3.05) is 0 Å². The number of rotatable bonds is 1. The molecule has 1 unspecified atom stereocenters. The number of hydrogen-bond acceptors (Lipinski definition) is 1. The van der Waals surface area contributed by atoms with E-state index >= 15 is 0 Å². The maximum Gasteiger partial charge on any atom is 0.413 e.